The minimum atomic E-state index is -0.429. The van der Waals surface area contributed by atoms with E-state index in [4.69, 9.17) is 0 Å². The number of aryl methyl sites for hydroxylation is 1. The number of aliphatic hydroxyl groups is 1. The van der Waals surface area contributed by atoms with Crippen molar-refractivity contribution < 1.29 is 9.90 Å². The molecule has 0 radical (unpaired) electrons. The predicted molar refractivity (Wildman–Crippen MR) is 97.7 cm³/mol. The molecule has 2 aromatic rings. The van der Waals surface area contributed by atoms with Crippen molar-refractivity contribution in [3.05, 3.63) is 34.7 Å². The number of likely N-dealkylation sites (tertiary alicyclic amines) is 2. The van der Waals surface area contributed by atoms with E-state index < -0.39 is 6.10 Å². The first kappa shape index (κ1) is 16.1. The number of benzene rings is 1. The molecule has 2 fully saturated rings. The highest BCUT2D eigenvalue weighted by Gasteiger charge is 2.38. The lowest BCUT2D eigenvalue weighted by molar-refractivity contribution is 0.0703. The topological polar surface area (TPSA) is 43.8 Å². The number of aliphatic hydroxyl groups excluding tert-OH is 1. The number of fused-ring (bicyclic) bond motifs is 1. The van der Waals surface area contributed by atoms with E-state index in [2.05, 4.69) is 17.0 Å². The number of thiophene rings is 1. The molecule has 128 valence electrons. The Kier molecular flexibility index (Phi) is 4.33. The van der Waals surface area contributed by atoms with Crippen molar-refractivity contribution in [2.45, 2.75) is 38.3 Å². The average Bonchev–Trinajstić information content (AvgIpc) is 3.16. The van der Waals surface area contributed by atoms with Crippen molar-refractivity contribution in [3.63, 3.8) is 0 Å². The van der Waals surface area contributed by atoms with Gasteiger partial charge in [0.25, 0.3) is 5.91 Å². The molecule has 1 amide bonds. The zero-order valence-electron chi connectivity index (χ0n) is 14.1. The van der Waals surface area contributed by atoms with E-state index in [9.17, 15) is 9.90 Å². The Balaban J connectivity index is 1.55. The van der Waals surface area contributed by atoms with Crippen LogP contribution in [0.25, 0.3) is 10.1 Å². The Morgan fingerprint density at radius 1 is 1.17 bits per heavy atom. The second-order valence-electron chi connectivity index (χ2n) is 6.99. The first-order valence-corrected chi connectivity index (χ1v) is 9.66. The molecule has 0 aliphatic carbocycles. The van der Waals surface area contributed by atoms with E-state index in [1.54, 1.807) is 11.3 Å². The smallest absolute Gasteiger partial charge is 0.264 e. The Hall–Kier alpha value is -1.43. The molecule has 2 aliphatic rings. The monoisotopic (exact) mass is 344 g/mol. The van der Waals surface area contributed by atoms with Crippen LogP contribution in [0.2, 0.25) is 0 Å². The lowest BCUT2D eigenvalue weighted by Gasteiger charge is -2.33. The molecule has 4 rings (SSSR count). The van der Waals surface area contributed by atoms with Gasteiger partial charge in [0.05, 0.1) is 17.0 Å². The molecule has 1 aromatic heterocycles. The SMILES string of the molecule is Cc1c(C(=O)N2C[C@H](O)[C@@H](N3CCCCC3)C2)sc2ccccc12. The van der Waals surface area contributed by atoms with Crippen LogP contribution in [0.1, 0.15) is 34.5 Å². The van der Waals surface area contributed by atoms with Gasteiger partial charge in [-0.05, 0) is 49.9 Å². The molecule has 0 spiro atoms. The van der Waals surface area contributed by atoms with Crippen molar-refractivity contribution in [2.24, 2.45) is 0 Å². The summed E-state index contributed by atoms with van der Waals surface area (Å²) in [5.41, 5.74) is 1.07. The maximum atomic E-state index is 13.0. The Morgan fingerprint density at radius 2 is 1.92 bits per heavy atom. The van der Waals surface area contributed by atoms with Crippen molar-refractivity contribution in [2.75, 3.05) is 26.2 Å². The highest BCUT2D eigenvalue weighted by atomic mass is 32.1. The molecule has 0 saturated carbocycles. The number of β-amino-alcohol motifs (C(OH)–C–C–N with tert-alkyl or cyclic N) is 1. The summed E-state index contributed by atoms with van der Waals surface area (Å²) in [4.78, 5) is 18.1. The number of rotatable bonds is 2. The Labute approximate surface area is 146 Å². The van der Waals surface area contributed by atoms with Crippen molar-refractivity contribution in [1.82, 2.24) is 9.80 Å². The molecule has 3 heterocycles. The van der Waals surface area contributed by atoms with Gasteiger partial charge in [0.2, 0.25) is 0 Å². The van der Waals surface area contributed by atoms with Gasteiger partial charge in [0.1, 0.15) is 0 Å². The summed E-state index contributed by atoms with van der Waals surface area (Å²) in [6.45, 7) is 5.22. The van der Waals surface area contributed by atoms with Crippen LogP contribution in [0.15, 0.2) is 24.3 Å². The summed E-state index contributed by atoms with van der Waals surface area (Å²) in [5, 5.41) is 11.6. The van der Waals surface area contributed by atoms with Gasteiger partial charge in [-0.2, -0.15) is 0 Å². The van der Waals surface area contributed by atoms with Crippen LogP contribution < -0.4 is 0 Å². The fraction of sp³-hybridized carbons (Fsp3) is 0.526. The molecule has 2 atom stereocenters. The first-order chi connectivity index (χ1) is 11.6. The Morgan fingerprint density at radius 3 is 2.67 bits per heavy atom. The zero-order chi connectivity index (χ0) is 16.7. The largest absolute Gasteiger partial charge is 0.390 e. The van der Waals surface area contributed by atoms with Crippen molar-refractivity contribution in [1.29, 1.82) is 0 Å². The highest BCUT2D eigenvalue weighted by Crippen LogP contribution is 2.32. The fourth-order valence-corrected chi connectivity index (χ4v) is 5.24. The maximum absolute atomic E-state index is 13.0. The number of carbonyl (C=O) groups is 1. The van der Waals surface area contributed by atoms with Crippen LogP contribution >= 0.6 is 11.3 Å². The van der Waals surface area contributed by atoms with Gasteiger partial charge in [-0.15, -0.1) is 11.3 Å². The first-order valence-electron chi connectivity index (χ1n) is 8.84. The molecular formula is C19H24N2O2S. The van der Waals surface area contributed by atoms with E-state index >= 15 is 0 Å². The quantitative estimate of drug-likeness (QED) is 0.911. The van der Waals surface area contributed by atoms with E-state index in [1.807, 2.05) is 24.0 Å². The minimum absolute atomic E-state index is 0.0762. The van der Waals surface area contributed by atoms with Gasteiger partial charge in [0.15, 0.2) is 0 Å². The zero-order valence-corrected chi connectivity index (χ0v) is 14.9. The third-order valence-electron chi connectivity index (χ3n) is 5.44. The number of amides is 1. The van der Waals surface area contributed by atoms with Gasteiger partial charge in [-0.25, -0.2) is 0 Å². The number of hydrogen-bond acceptors (Lipinski definition) is 4. The van der Waals surface area contributed by atoms with Crippen LogP contribution in [0.5, 0.6) is 0 Å². The molecule has 1 aromatic carbocycles. The van der Waals surface area contributed by atoms with Crippen LogP contribution in [0, 0.1) is 6.92 Å². The summed E-state index contributed by atoms with van der Waals surface area (Å²) < 4.78 is 1.16. The predicted octanol–water partition coefficient (Wildman–Crippen LogP) is 2.88. The summed E-state index contributed by atoms with van der Waals surface area (Å²) >= 11 is 1.57. The second kappa shape index (κ2) is 6.47. The summed E-state index contributed by atoms with van der Waals surface area (Å²) in [6, 6.07) is 8.27. The molecule has 5 heteroatoms. The summed E-state index contributed by atoms with van der Waals surface area (Å²) in [7, 11) is 0. The molecule has 1 N–H and O–H groups in total. The molecule has 24 heavy (non-hydrogen) atoms. The number of piperidine rings is 1. The van der Waals surface area contributed by atoms with E-state index in [0.29, 0.717) is 13.1 Å². The van der Waals surface area contributed by atoms with Crippen molar-refractivity contribution >= 4 is 27.3 Å². The molecule has 2 saturated heterocycles. The fourth-order valence-electron chi connectivity index (χ4n) is 4.07. The van der Waals surface area contributed by atoms with Gasteiger partial charge in [0, 0.05) is 17.8 Å². The second-order valence-corrected chi connectivity index (χ2v) is 8.05. The maximum Gasteiger partial charge on any atom is 0.264 e. The van der Waals surface area contributed by atoms with E-state index in [1.165, 1.54) is 19.3 Å². The Bertz CT molecular complexity index is 751. The van der Waals surface area contributed by atoms with Gasteiger partial charge in [-0.1, -0.05) is 24.6 Å². The van der Waals surface area contributed by atoms with E-state index in [-0.39, 0.29) is 11.9 Å². The van der Waals surface area contributed by atoms with Gasteiger partial charge >= 0.3 is 0 Å². The molecule has 0 bridgehead atoms. The highest BCUT2D eigenvalue weighted by molar-refractivity contribution is 7.21. The molecule has 0 unspecified atom stereocenters. The minimum Gasteiger partial charge on any atom is -0.390 e. The number of hydrogen-bond donors (Lipinski definition) is 1. The molecule has 4 nitrogen and oxygen atoms in total. The third-order valence-corrected chi connectivity index (χ3v) is 6.70. The van der Waals surface area contributed by atoms with E-state index in [0.717, 1.165) is 33.6 Å². The standard InChI is InChI=1S/C19H24N2O2S/c1-13-14-7-3-4-8-17(14)24-18(13)19(23)21-11-15(16(22)12-21)20-9-5-2-6-10-20/h3-4,7-8,15-16,22H,2,5-6,9-12H2,1H3/t15-,16-/m0/s1. The average molecular weight is 344 g/mol. The number of nitrogens with zero attached hydrogens (tertiary/aromatic N) is 2. The van der Waals surface area contributed by atoms with Crippen LogP contribution in [0.3, 0.4) is 0 Å². The van der Waals surface area contributed by atoms with Crippen molar-refractivity contribution in [3.8, 4) is 0 Å². The van der Waals surface area contributed by atoms with Crippen LogP contribution in [-0.2, 0) is 0 Å². The van der Waals surface area contributed by atoms with Crippen LogP contribution in [-0.4, -0.2) is 59.1 Å². The lowest BCUT2D eigenvalue weighted by Crippen LogP contribution is -2.46. The summed E-state index contributed by atoms with van der Waals surface area (Å²) in [6.07, 6.45) is 3.25. The summed E-state index contributed by atoms with van der Waals surface area (Å²) in [5.74, 6) is 0.0762. The van der Waals surface area contributed by atoms with Gasteiger partial charge < -0.3 is 10.0 Å². The molecular weight excluding hydrogens is 320 g/mol. The number of carbonyl (C=O) groups excluding carboxylic acids is 1. The third kappa shape index (κ3) is 2.75. The van der Waals surface area contributed by atoms with Crippen LogP contribution in [0.4, 0.5) is 0 Å². The lowest BCUT2D eigenvalue weighted by atomic mass is 10.1. The normalized spacial score (nSPS) is 25.5. The van der Waals surface area contributed by atoms with Gasteiger partial charge in [-0.3, -0.25) is 9.69 Å². The molecule has 2 aliphatic heterocycles.